The van der Waals surface area contributed by atoms with E-state index in [4.69, 9.17) is 0 Å². The van der Waals surface area contributed by atoms with Gasteiger partial charge in [-0.15, -0.1) is 11.8 Å². The van der Waals surface area contributed by atoms with Crippen LogP contribution in [0.25, 0.3) is 0 Å². The maximum absolute atomic E-state index is 13.7. The molecule has 0 saturated carbocycles. The van der Waals surface area contributed by atoms with E-state index in [0.29, 0.717) is 12.0 Å². The first kappa shape index (κ1) is 13.2. The van der Waals surface area contributed by atoms with Crippen LogP contribution in [0, 0.1) is 17.7 Å². The molecule has 1 aromatic rings. The Morgan fingerprint density at radius 3 is 2.81 bits per heavy atom. The minimum atomic E-state index is -0.196. The summed E-state index contributed by atoms with van der Waals surface area (Å²) in [6, 6.07) is 5.09. The number of hydrogen-bond acceptors (Lipinski definition) is 1. The minimum absolute atomic E-state index is 0.0365. The molecule has 16 heavy (non-hydrogen) atoms. The molecule has 0 amide bonds. The van der Waals surface area contributed by atoms with Crippen LogP contribution < -0.4 is 5.32 Å². The van der Waals surface area contributed by atoms with Crippen molar-refractivity contribution in [1.29, 1.82) is 0 Å². The molecule has 0 aliphatic rings. The maximum Gasteiger partial charge on any atom is 0.129 e. The van der Waals surface area contributed by atoms with Crippen molar-refractivity contribution in [2.24, 2.45) is 0 Å². The summed E-state index contributed by atoms with van der Waals surface area (Å²) in [4.78, 5) is 0. The second kappa shape index (κ2) is 6.67. The normalized spacial score (nSPS) is 11.8. The second-order valence-electron chi connectivity index (χ2n) is 3.41. The van der Waals surface area contributed by atoms with Gasteiger partial charge in [0, 0.05) is 22.5 Å². The predicted molar refractivity (Wildman–Crippen MR) is 68.6 cm³/mol. The molecule has 0 heterocycles. The van der Waals surface area contributed by atoms with E-state index in [2.05, 4.69) is 33.1 Å². The van der Waals surface area contributed by atoms with E-state index in [1.807, 2.05) is 13.0 Å². The summed E-state index contributed by atoms with van der Waals surface area (Å²) in [5, 5.41) is 3.24. The third kappa shape index (κ3) is 3.62. The van der Waals surface area contributed by atoms with Crippen LogP contribution in [0.2, 0.25) is 0 Å². The Morgan fingerprint density at radius 1 is 1.50 bits per heavy atom. The number of rotatable bonds is 4. The van der Waals surface area contributed by atoms with Gasteiger partial charge in [0.25, 0.3) is 0 Å². The van der Waals surface area contributed by atoms with Crippen LogP contribution in [-0.2, 0) is 0 Å². The molecule has 1 nitrogen and oxygen atoms in total. The summed E-state index contributed by atoms with van der Waals surface area (Å²) in [5.41, 5.74) is 0.674. The third-order valence-electron chi connectivity index (χ3n) is 2.27. The summed E-state index contributed by atoms with van der Waals surface area (Å²) >= 11 is 3.25. The Bertz CT molecular complexity index is 406. The first-order valence-electron chi connectivity index (χ1n) is 5.27. The molecule has 0 saturated heterocycles. The zero-order valence-corrected chi connectivity index (χ0v) is 11.1. The summed E-state index contributed by atoms with van der Waals surface area (Å²) in [6.07, 6.45) is 0.628. The van der Waals surface area contributed by atoms with Crippen molar-refractivity contribution < 1.29 is 4.39 Å². The zero-order valence-electron chi connectivity index (χ0n) is 9.48. The number of nitrogens with one attached hydrogen (secondary N) is 1. The van der Waals surface area contributed by atoms with Crippen molar-refractivity contribution in [1.82, 2.24) is 5.32 Å². The molecule has 1 aromatic carbocycles. The fraction of sp³-hybridized carbons (Fsp3) is 0.385. The Morgan fingerprint density at radius 2 is 2.25 bits per heavy atom. The van der Waals surface area contributed by atoms with Gasteiger partial charge in [-0.25, -0.2) is 4.39 Å². The lowest BCUT2D eigenvalue weighted by Gasteiger charge is -2.16. The molecule has 3 heteroatoms. The molecular weight excluding hydrogens is 269 g/mol. The Hall–Kier alpha value is -0.850. The standard InChI is InChI=1S/C13H15BrFN/c1-3-5-6-13(16-4-2)11-8-7-10(14)9-12(11)15/h7-9,13,16H,4,6H2,1-2H3. The molecule has 1 rings (SSSR count). The molecule has 86 valence electrons. The molecule has 0 spiro atoms. The highest BCUT2D eigenvalue weighted by Gasteiger charge is 2.13. The lowest BCUT2D eigenvalue weighted by atomic mass is 10.0. The van der Waals surface area contributed by atoms with Crippen molar-refractivity contribution in [3.8, 4) is 11.8 Å². The number of hydrogen-bond donors (Lipinski definition) is 1. The third-order valence-corrected chi connectivity index (χ3v) is 2.76. The Kier molecular flexibility index (Phi) is 5.51. The van der Waals surface area contributed by atoms with Gasteiger partial charge in [-0.05, 0) is 25.6 Å². The van der Waals surface area contributed by atoms with E-state index in [-0.39, 0.29) is 11.9 Å². The van der Waals surface area contributed by atoms with Gasteiger partial charge in [0.2, 0.25) is 0 Å². The molecule has 0 aliphatic carbocycles. The van der Waals surface area contributed by atoms with Crippen LogP contribution in [0.1, 0.15) is 31.9 Å². The molecule has 0 bridgehead atoms. The monoisotopic (exact) mass is 283 g/mol. The second-order valence-corrected chi connectivity index (χ2v) is 4.32. The van der Waals surface area contributed by atoms with Crippen LogP contribution in [0.3, 0.4) is 0 Å². The largest absolute Gasteiger partial charge is 0.309 e. The van der Waals surface area contributed by atoms with Crippen LogP contribution in [0.4, 0.5) is 4.39 Å². The van der Waals surface area contributed by atoms with E-state index in [1.54, 1.807) is 13.0 Å². The molecule has 0 radical (unpaired) electrons. The first-order chi connectivity index (χ1) is 7.69. The Labute approximate surface area is 105 Å². The molecule has 0 aliphatic heterocycles. The summed E-state index contributed by atoms with van der Waals surface area (Å²) < 4.78 is 14.5. The number of halogens is 2. The minimum Gasteiger partial charge on any atom is -0.309 e. The van der Waals surface area contributed by atoms with Gasteiger partial charge in [0.05, 0.1) is 0 Å². The zero-order chi connectivity index (χ0) is 12.0. The van der Waals surface area contributed by atoms with Crippen LogP contribution in [-0.4, -0.2) is 6.54 Å². The van der Waals surface area contributed by atoms with Gasteiger partial charge in [-0.3, -0.25) is 0 Å². The molecule has 1 unspecified atom stereocenters. The van der Waals surface area contributed by atoms with Crippen molar-refractivity contribution >= 4 is 15.9 Å². The smallest absolute Gasteiger partial charge is 0.129 e. The van der Waals surface area contributed by atoms with E-state index >= 15 is 0 Å². The average molecular weight is 284 g/mol. The number of benzene rings is 1. The topological polar surface area (TPSA) is 12.0 Å². The lowest BCUT2D eigenvalue weighted by Crippen LogP contribution is -2.21. The van der Waals surface area contributed by atoms with E-state index in [9.17, 15) is 4.39 Å². The van der Waals surface area contributed by atoms with Crippen LogP contribution in [0.5, 0.6) is 0 Å². The fourth-order valence-corrected chi connectivity index (χ4v) is 1.86. The van der Waals surface area contributed by atoms with E-state index in [1.165, 1.54) is 6.07 Å². The fourth-order valence-electron chi connectivity index (χ4n) is 1.53. The van der Waals surface area contributed by atoms with Gasteiger partial charge in [-0.1, -0.05) is 28.9 Å². The molecule has 1 N–H and O–H groups in total. The highest BCUT2D eigenvalue weighted by Crippen LogP contribution is 2.23. The van der Waals surface area contributed by atoms with Crippen molar-refractivity contribution in [2.75, 3.05) is 6.54 Å². The molecular formula is C13H15BrFN. The highest BCUT2D eigenvalue weighted by molar-refractivity contribution is 9.10. The summed E-state index contributed by atoms with van der Waals surface area (Å²) in [5.74, 6) is 5.62. The molecule has 1 atom stereocenters. The summed E-state index contributed by atoms with van der Waals surface area (Å²) in [7, 11) is 0. The Balaban J connectivity index is 2.94. The summed E-state index contributed by atoms with van der Waals surface area (Å²) in [6.45, 7) is 4.59. The van der Waals surface area contributed by atoms with Crippen molar-refractivity contribution in [3.05, 3.63) is 34.1 Å². The molecule has 0 aromatic heterocycles. The average Bonchev–Trinajstić information content (AvgIpc) is 2.25. The SMILES string of the molecule is CC#CCC(NCC)c1ccc(Br)cc1F. The van der Waals surface area contributed by atoms with E-state index < -0.39 is 0 Å². The lowest BCUT2D eigenvalue weighted by molar-refractivity contribution is 0.520. The van der Waals surface area contributed by atoms with Crippen LogP contribution >= 0.6 is 15.9 Å². The molecule has 0 fully saturated rings. The van der Waals surface area contributed by atoms with Crippen LogP contribution in [0.15, 0.2) is 22.7 Å². The van der Waals surface area contributed by atoms with Gasteiger partial charge in [-0.2, -0.15) is 0 Å². The predicted octanol–water partition coefficient (Wildman–Crippen LogP) is 3.65. The van der Waals surface area contributed by atoms with Crippen molar-refractivity contribution in [3.63, 3.8) is 0 Å². The van der Waals surface area contributed by atoms with Gasteiger partial charge in [0.1, 0.15) is 5.82 Å². The van der Waals surface area contributed by atoms with Gasteiger partial charge < -0.3 is 5.32 Å². The maximum atomic E-state index is 13.7. The first-order valence-corrected chi connectivity index (χ1v) is 6.06. The van der Waals surface area contributed by atoms with E-state index in [0.717, 1.165) is 11.0 Å². The van der Waals surface area contributed by atoms with Gasteiger partial charge in [0.15, 0.2) is 0 Å². The van der Waals surface area contributed by atoms with Gasteiger partial charge >= 0.3 is 0 Å². The quantitative estimate of drug-likeness (QED) is 0.832. The van der Waals surface area contributed by atoms with Crippen molar-refractivity contribution in [2.45, 2.75) is 26.3 Å². The highest BCUT2D eigenvalue weighted by atomic mass is 79.9.